The summed E-state index contributed by atoms with van der Waals surface area (Å²) in [5, 5.41) is 12.5. The molecule has 3 aromatic heterocycles. The van der Waals surface area contributed by atoms with Gasteiger partial charge >= 0.3 is 6.09 Å². The standard InChI is InChI=1S/C31H29N7O3S/c39-31(37-10-12-40-13-11-37)41-25-15-23(32-18-25)6-8-26-16-27-29(42-26)30(34-20-33-27)36-24-7-9-28-22(14-24)17-35-38(28)19-21-4-2-1-3-5-21/h1-5,7,9,14,16-17,20,23,25,32H,10-13,15,18-19H2,(H,33,34,36)/t23?,25-/m1/s1. The van der Waals surface area contributed by atoms with Crippen molar-refractivity contribution in [1.82, 2.24) is 30.0 Å². The van der Waals surface area contributed by atoms with E-state index in [4.69, 9.17) is 9.47 Å². The lowest BCUT2D eigenvalue weighted by atomic mass is 10.2. The molecule has 0 aliphatic carbocycles. The second-order valence-electron chi connectivity index (χ2n) is 10.3. The molecule has 2 aromatic carbocycles. The largest absolute Gasteiger partial charge is 0.445 e. The summed E-state index contributed by atoms with van der Waals surface area (Å²) >= 11 is 1.56. The molecule has 2 saturated heterocycles. The second-order valence-corrected chi connectivity index (χ2v) is 11.4. The molecule has 2 aliphatic rings. The molecule has 212 valence electrons. The maximum absolute atomic E-state index is 12.4. The maximum Gasteiger partial charge on any atom is 0.410 e. The van der Waals surface area contributed by atoms with Crippen molar-refractivity contribution in [3.8, 4) is 11.8 Å². The number of carbonyl (C=O) groups excluding carboxylic acids is 1. The predicted molar refractivity (Wildman–Crippen MR) is 162 cm³/mol. The molecule has 0 saturated carbocycles. The molecule has 0 radical (unpaired) electrons. The number of hydrogen-bond donors (Lipinski definition) is 2. The number of aromatic nitrogens is 4. The van der Waals surface area contributed by atoms with E-state index >= 15 is 0 Å². The van der Waals surface area contributed by atoms with E-state index in [1.807, 2.05) is 41.2 Å². The quantitative estimate of drug-likeness (QED) is 0.296. The van der Waals surface area contributed by atoms with Crippen LogP contribution in [0.2, 0.25) is 0 Å². The van der Waals surface area contributed by atoms with Crippen molar-refractivity contribution in [2.45, 2.75) is 25.1 Å². The number of ether oxygens (including phenoxy) is 2. The minimum absolute atomic E-state index is 0.0454. The number of thiophene rings is 1. The van der Waals surface area contributed by atoms with Gasteiger partial charge in [-0.2, -0.15) is 5.10 Å². The average molecular weight is 580 g/mol. The van der Waals surface area contributed by atoms with Gasteiger partial charge in [0.15, 0.2) is 5.82 Å². The van der Waals surface area contributed by atoms with Gasteiger partial charge < -0.3 is 19.7 Å². The molecule has 2 aliphatic heterocycles. The summed E-state index contributed by atoms with van der Waals surface area (Å²) < 4.78 is 13.9. The summed E-state index contributed by atoms with van der Waals surface area (Å²) in [4.78, 5) is 24.0. The van der Waals surface area contributed by atoms with E-state index in [2.05, 4.69) is 61.8 Å². The van der Waals surface area contributed by atoms with Gasteiger partial charge in [-0.05, 0) is 29.8 Å². The summed E-state index contributed by atoms with van der Waals surface area (Å²) in [5.74, 6) is 7.32. The Morgan fingerprint density at radius 1 is 1.14 bits per heavy atom. The van der Waals surface area contributed by atoms with Gasteiger partial charge in [0.1, 0.15) is 12.4 Å². The first-order valence-corrected chi connectivity index (χ1v) is 14.8. The van der Waals surface area contributed by atoms with Crippen LogP contribution in [0.3, 0.4) is 0 Å². The van der Waals surface area contributed by atoms with E-state index in [-0.39, 0.29) is 18.2 Å². The molecule has 1 amide bonds. The number of benzene rings is 2. The molecule has 2 N–H and O–H groups in total. The lowest BCUT2D eigenvalue weighted by Crippen LogP contribution is -2.42. The third-order valence-corrected chi connectivity index (χ3v) is 8.43. The summed E-state index contributed by atoms with van der Waals surface area (Å²) in [7, 11) is 0. The molecular formula is C31H29N7O3S. The Labute approximate surface area is 246 Å². The van der Waals surface area contributed by atoms with Crippen LogP contribution in [0.4, 0.5) is 16.3 Å². The zero-order valence-electron chi connectivity index (χ0n) is 22.8. The zero-order chi connectivity index (χ0) is 28.3. The van der Waals surface area contributed by atoms with Crippen LogP contribution in [0.1, 0.15) is 16.9 Å². The highest BCUT2D eigenvalue weighted by Gasteiger charge is 2.28. The van der Waals surface area contributed by atoms with E-state index in [0.717, 1.165) is 44.0 Å². The van der Waals surface area contributed by atoms with Gasteiger partial charge in [-0.25, -0.2) is 14.8 Å². The van der Waals surface area contributed by atoms with Crippen LogP contribution >= 0.6 is 11.3 Å². The molecule has 42 heavy (non-hydrogen) atoms. The molecule has 0 spiro atoms. The van der Waals surface area contributed by atoms with E-state index in [0.29, 0.717) is 39.3 Å². The van der Waals surface area contributed by atoms with E-state index in [1.165, 1.54) is 5.56 Å². The first kappa shape index (κ1) is 26.4. The van der Waals surface area contributed by atoms with Gasteiger partial charge in [0.25, 0.3) is 0 Å². The first-order chi connectivity index (χ1) is 20.7. The number of carbonyl (C=O) groups is 1. The number of nitrogens with zero attached hydrogens (tertiary/aromatic N) is 5. The van der Waals surface area contributed by atoms with Gasteiger partial charge in [0.05, 0.1) is 52.6 Å². The number of hydrogen-bond acceptors (Lipinski definition) is 9. The number of morpholine rings is 1. The van der Waals surface area contributed by atoms with Gasteiger partial charge in [-0.3, -0.25) is 10.00 Å². The van der Waals surface area contributed by atoms with Crippen molar-refractivity contribution < 1.29 is 14.3 Å². The Bertz CT molecular complexity index is 1790. The van der Waals surface area contributed by atoms with Crippen LogP contribution in [0.25, 0.3) is 21.1 Å². The fourth-order valence-electron chi connectivity index (χ4n) is 5.21. The van der Waals surface area contributed by atoms with Crippen LogP contribution in [-0.4, -0.2) is 75.7 Å². The third kappa shape index (κ3) is 5.78. The SMILES string of the molecule is O=C(O[C@H]1CNC(C#Cc2cc3ncnc(Nc4ccc5c(cnn5Cc5ccccc5)c4)c3s2)C1)N1CCOCC1. The fourth-order valence-corrected chi connectivity index (χ4v) is 6.13. The Hall–Kier alpha value is -4.50. The average Bonchev–Trinajstić information content (AvgIpc) is 3.76. The maximum atomic E-state index is 12.4. The molecule has 5 heterocycles. The highest BCUT2D eigenvalue weighted by atomic mass is 32.1. The number of amides is 1. The van der Waals surface area contributed by atoms with Crippen LogP contribution in [0.15, 0.2) is 67.1 Å². The number of anilines is 2. The minimum Gasteiger partial charge on any atom is -0.445 e. The number of rotatable bonds is 5. The summed E-state index contributed by atoms with van der Waals surface area (Å²) in [6.07, 6.45) is 3.65. The van der Waals surface area contributed by atoms with Crippen LogP contribution < -0.4 is 10.6 Å². The summed E-state index contributed by atoms with van der Waals surface area (Å²) in [6.45, 7) is 3.57. The molecule has 1 unspecified atom stereocenters. The number of nitrogens with one attached hydrogen (secondary N) is 2. The molecule has 7 rings (SSSR count). The Kier molecular flexibility index (Phi) is 7.40. The lowest BCUT2D eigenvalue weighted by molar-refractivity contribution is 0.0156. The fraction of sp³-hybridized carbons (Fsp3) is 0.290. The zero-order valence-corrected chi connectivity index (χ0v) is 23.6. The molecule has 11 heteroatoms. The third-order valence-electron chi connectivity index (χ3n) is 7.39. The summed E-state index contributed by atoms with van der Waals surface area (Å²) in [5.41, 5.74) is 4.05. The monoisotopic (exact) mass is 579 g/mol. The first-order valence-electron chi connectivity index (χ1n) is 14.0. The smallest absolute Gasteiger partial charge is 0.410 e. The van der Waals surface area contributed by atoms with Crippen molar-refractivity contribution >= 4 is 50.1 Å². The topological polar surface area (TPSA) is 106 Å². The highest BCUT2D eigenvalue weighted by Crippen LogP contribution is 2.31. The van der Waals surface area contributed by atoms with Crippen LogP contribution in [0, 0.1) is 11.8 Å². The van der Waals surface area contributed by atoms with Gasteiger partial charge in [-0.1, -0.05) is 42.2 Å². The van der Waals surface area contributed by atoms with Gasteiger partial charge in [0.2, 0.25) is 0 Å². The minimum atomic E-state index is -0.276. The summed E-state index contributed by atoms with van der Waals surface area (Å²) in [6, 6.07) is 18.5. The van der Waals surface area contributed by atoms with Crippen LogP contribution in [-0.2, 0) is 16.0 Å². The molecule has 2 atom stereocenters. The lowest BCUT2D eigenvalue weighted by Gasteiger charge is -2.27. The Morgan fingerprint density at radius 3 is 2.90 bits per heavy atom. The molecular weight excluding hydrogens is 550 g/mol. The molecule has 5 aromatic rings. The number of fused-ring (bicyclic) bond motifs is 2. The van der Waals surface area contributed by atoms with Crippen molar-refractivity contribution in [2.24, 2.45) is 0 Å². The van der Waals surface area contributed by atoms with Crippen molar-refractivity contribution in [2.75, 3.05) is 38.2 Å². The Morgan fingerprint density at radius 2 is 2.02 bits per heavy atom. The van der Waals surface area contributed by atoms with Crippen LogP contribution in [0.5, 0.6) is 0 Å². The van der Waals surface area contributed by atoms with Crippen molar-refractivity contribution in [1.29, 1.82) is 0 Å². The van der Waals surface area contributed by atoms with Crippen molar-refractivity contribution in [3.05, 3.63) is 77.6 Å². The van der Waals surface area contributed by atoms with Gasteiger partial charge in [0, 0.05) is 37.1 Å². The predicted octanol–water partition coefficient (Wildman–Crippen LogP) is 4.38. The van der Waals surface area contributed by atoms with E-state index < -0.39 is 0 Å². The van der Waals surface area contributed by atoms with E-state index in [9.17, 15) is 4.79 Å². The highest BCUT2D eigenvalue weighted by molar-refractivity contribution is 7.20. The molecule has 10 nitrogen and oxygen atoms in total. The van der Waals surface area contributed by atoms with E-state index in [1.54, 1.807) is 22.6 Å². The second kappa shape index (κ2) is 11.8. The molecule has 2 fully saturated rings. The van der Waals surface area contributed by atoms with Gasteiger partial charge in [-0.15, -0.1) is 11.3 Å². The molecule has 0 bridgehead atoms. The Balaban J connectivity index is 1.02. The normalized spacial score (nSPS) is 18.6. The van der Waals surface area contributed by atoms with Crippen molar-refractivity contribution in [3.63, 3.8) is 0 Å².